The molecule has 0 radical (unpaired) electrons. The van der Waals surface area contributed by atoms with E-state index >= 15 is 0 Å². The quantitative estimate of drug-likeness (QED) is 0.781. The Morgan fingerprint density at radius 1 is 1.46 bits per heavy atom. The van der Waals surface area contributed by atoms with Crippen LogP contribution in [0.2, 0.25) is 0 Å². The third-order valence-corrected chi connectivity index (χ3v) is 3.76. The molecule has 0 aliphatic rings. The van der Waals surface area contributed by atoms with Crippen LogP contribution in [0, 0.1) is 0 Å². The van der Waals surface area contributed by atoms with Crippen molar-refractivity contribution in [1.82, 2.24) is 0 Å². The summed E-state index contributed by atoms with van der Waals surface area (Å²) < 4.78 is 0. The number of rotatable bonds is 4. The van der Waals surface area contributed by atoms with Crippen LogP contribution in [0.25, 0.3) is 0 Å². The van der Waals surface area contributed by atoms with Crippen LogP contribution in [0.4, 0.5) is 0 Å². The second-order valence-corrected chi connectivity index (χ2v) is 4.49. The summed E-state index contributed by atoms with van der Waals surface area (Å²) >= 11 is 1.71. The van der Waals surface area contributed by atoms with Crippen molar-refractivity contribution in [3.05, 3.63) is 21.9 Å². The second-order valence-electron chi connectivity index (χ2n) is 3.34. The number of thiophene rings is 1. The minimum atomic E-state index is -0.206. The Labute approximate surface area is 83.4 Å². The number of nitrogens with two attached hydrogens (primary N) is 1. The standard InChI is InChI=1S/C10H17NOS/c1-3-7(2)9-4-5-10(13-9)8(11)6-12/h4-5,7-8,12H,3,6,11H2,1-2H3. The summed E-state index contributed by atoms with van der Waals surface area (Å²) in [6, 6.07) is 3.93. The summed E-state index contributed by atoms with van der Waals surface area (Å²) in [5.41, 5.74) is 5.71. The van der Waals surface area contributed by atoms with Gasteiger partial charge >= 0.3 is 0 Å². The van der Waals surface area contributed by atoms with Crippen LogP contribution in [0.5, 0.6) is 0 Å². The lowest BCUT2D eigenvalue weighted by Gasteiger charge is -2.05. The molecule has 13 heavy (non-hydrogen) atoms. The molecule has 3 heteroatoms. The van der Waals surface area contributed by atoms with Gasteiger partial charge in [0.2, 0.25) is 0 Å². The van der Waals surface area contributed by atoms with Gasteiger partial charge in [-0.3, -0.25) is 0 Å². The number of aliphatic hydroxyl groups excluding tert-OH is 1. The molecule has 0 aromatic carbocycles. The van der Waals surface area contributed by atoms with E-state index in [1.165, 1.54) is 4.88 Å². The smallest absolute Gasteiger partial charge is 0.0632 e. The Balaban J connectivity index is 2.74. The first-order valence-corrected chi connectivity index (χ1v) is 5.46. The van der Waals surface area contributed by atoms with E-state index in [4.69, 9.17) is 10.8 Å². The van der Waals surface area contributed by atoms with Crippen molar-refractivity contribution < 1.29 is 5.11 Å². The minimum absolute atomic E-state index is 0.0282. The van der Waals surface area contributed by atoms with Crippen molar-refractivity contribution in [2.75, 3.05) is 6.61 Å². The maximum Gasteiger partial charge on any atom is 0.0632 e. The van der Waals surface area contributed by atoms with Gasteiger partial charge in [-0.25, -0.2) is 0 Å². The molecule has 0 bridgehead atoms. The molecule has 0 saturated heterocycles. The zero-order chi connectivity index (χ0) is 9.84. The SMILES string of the molecule is CCC(C)c1ccc(C(N)CO)s1. The lowest BCUT2D eigenvalue weighted by Crippen LogP contribution is -2.12. The monoisotopic (exact) mass is 199 g/mol. The lowest BCUT2D eigenvalue weighted by atomic mass is 10.1. The van der Waals surface area contributed by atoms with Gasteiger partial charge in [-0.05, 0) is 24.5 Å². The second kappa shape index (κ2) is 4.74. The van der Waals surface area contributed by atoms with Crippen LogP contribution in [-0.4, -0.2) is 11.7 Å². The molecule has 0 fully saturated rings. The Bertz CT molecular complexity index is 235. The van der Waals surface area contributed by atoms with E-state index in [1.54, 1.807) is 11.3 Å². The van der Waals surface area contributed by atoms with E-state index < -0.39 is 0 Å². The molecule has 2 atom stereocenters. The zero-order valence-corrected chi connectivity index (χ0v) is 8.97. The molecular formula is C10H17NOS. The zero-order valence-electron chi connectivity index (χ0n) is 8.16. The normalized spacial score (nSPS) is 15.7. The largest absolute Gasteiger partial charge is 0.394 e. The summed E-state index contributed by atoms with van der Waals surface area (Å²) in [4.78, 5) is 2.44. The van der Waals surface area contributed by atoms with Crippen molar-refractivity contribution in [1.29, 1.82) is 0 Å². The third kappa shape index (κ3) is 2.53. The van der Waals surface area contributed by atoms with Gasteiger partial charge in [-0.2, -0.15) is 0 Å². The van der Waals surface area contributed by atoms with Gasteiger partial charge in [-0.15, -0.1) is 11.3 Å². The van der Waals surface area contributed by atoms with Crippen LogP contribution in [0.3, 0.4) is 0 Å². The van der Waals surface area contributed by atoms with Crippen molar-refractivity contribution in [3.63, 3.8) is 0 Å². The summed E-state index contributed by atoms with van der Waals surface area (Å²) in [5.74, 6) is 0.602. The summed E-state index contributed by atoms with van der Waals surface area (Å²) in [7, 11) is 0. The minimum Gasteiger partial charge on any atom is -0.394 e. The fourth-order valence-electron chi connectivity index (χ4n) is 1.12. The predicted molar refractivity (Wildman–Crippen MR) is 57.0 cm³/mol. The highest BCUT2D eigenvalue weighted by Crippen LogP contribution is 2.29. The molecule has 0 saturated carbocycles. The van der Waals surface area contributed by atoms with Gasteiger partial charge < -0.3 is 10.8 Å². The molecule has 1 aromatic rings. The van der Waals surface area contributed by atoms with Crippen LogP contribution < -0.4 is 5.73 Å². The number of hydrogen-bond donors (Lipinski definition) is 2. The lowest BCUT2D eigenvalue weighted by molar-refractivity contribution is 0.269. The fraction of sp³-hybridized carbons (Fsp3) is 0.600. The van der Waals surface area contributed by atoms with E-state index in [9.17, 15) is 0 Å². The van der Waals surface area contributed by atoms with Gasteiger partial charge in [0.05, 0.1) is 12.6 Å². The molecule has 2 unspecified atom stereocenters. The Hall–Kier alpha value is -0.380. The Kier molecular flexibility index (Phi) is 3.90. The van der Waals surface area contributed by atoms with E-state index in [0.717, 1.165) is 11.3 Å². The molecule has 0 amide bonds. The van der Waals surface area contributed by atoms with Crippen LogP contribution >= 0.6 is 11.3 Å². The van der Waals surface area contributed by atoms with E-state index in [2.05, 4.69) is 19.9 Å². The summed E-state index contributed by atoms with van der Waals surface area (Å²) in [5, 5.41) is 8.87. The Morgan fingerprint density at radius 2 is 2.08 bits per heavy atom. The highest BCUT2D eigenvalue weighted by atomic mass is 32.1. The summed E-state index contributed by atoms with van der Waals surface area (Å²) in [6.07, 6.45) is 1.15. The molecule has 0 aliphatic heterocycles. The maximum absolute atomic E-state index is 8.87. The highest BCUT2D eigenvalue weighted by molar-refractivity contribution is 7.12. The summed E-state index contributed by atoms with van der Waals surface area (Å²) in [6.45, 7) is 4.41. The van der Waals surface area contributed by atoms with Gasteiger partial charge in [0.25, 0.3) is 0 Å². The fourth-order valence-corrected chi connectivity index (χ4v) is 2.26. The molecule has 2 nitrogen and oxygen atoms in total. The van der Waals surface area contributed by atoms with E-state index in [-0.39, 0.29) is 12.6 Å². The third-order valence-electron chi connectivity index (χ3n) is 2.31. The van der Waals surface area contributed by atoms with Crippen molar-refractivity contribution in [2.24, 2.45) is 5.73 Å². The van der Waals surface area contributed by atoms with E-state index in [0.29, 0.717) is 5.92 Å². The van der Waals surface area contributed by atoms with Gasteiger partial charge in [0.15, 0.2) is 0 Å². The molecule has 1 aromatic heterocycles. The van der Waals surface area contributed by atoms with Crippen LogP contribution in [-0.2, 0) is 0 Å². The van der Waals surface area contributed by atoms with Crippen LogP contribution in [0.1, 0.15) is 42.0 Å². The van der Waals surface area contributed by atoms with E-state index in [1.807, 2.05) is 6.07 Å². The molecule has 1 rings (SSSR count). The number of hydrogen-bond acceptors (Lipinski definition) is 3. The molecule has 74 valence electrons. The van der Waals surface area contributed by atoms with Gasteiger partial charge in [0.1, 0.15) is 0 Å². The predicted octanol–water partition coefficient (Wildman–Crippen LogP) is 2.25. The van der Waals surface area contributed by atoms with Crippen molar-refractivity contribution in [2.45, 2.75) is 32.2 Å². The molecule has 0 spiro atoms. The van der Waals surface area contributed by atoms with Crippen molar-refractivity contribution >= 4 is 11.3 Å². The molecule has 3 N–H and O–H groups in total. The first-order chi connectivity index (χ1) is 6.19. The highest BCUT2D eigenvalue weighted by Gasteiger charge is 2.10. The van der Waals surface area contributed by atoms with Crippen LogP contribution in [0.15, 0.2) is 12.1 Å². The Morgan fingerprint density at radius 3 is 2.62 bits per heavy atom. The number of aliphatic hydroxyl groups is 1. The molecule has 1 heterocycles. The van der Waals surface area contributed by atoms with Gasteiger partial charge in [0, 0.05) is 9.75 Å². The molecule has 0 aliphatic carbocycles. The topological polar surface area (TPSA) is 46.2 Å². The average molecular weight is 199 g/mol. The first kappa shape index (κ1) is 10.7. The first-order valence-electron chi connectivity index (χ1n) is 4.65. The van der Waals surface area contributed by atoms with Crippen molar-refractivity contribution in [3.8, 4) is 0 Å². The van der Waals surface area contributed by atoms with Gasteiger partial charge in [-0.1, -0.05) is 13.8 Å². The molecular weight excluding hydrogens is 182 g/mol. The maximum atomic E-state index is 8.87. The average Bonchev–Trinajstić information content (AvgIpc) is 2.64.